The number of hydrogen-bond acceptors (Lipinski definition) is 3. The molecule has 0 radical (unpaired) electrons. The minimum Gasteiger partial charge on any atom is -0.373 e. The Hall–Kier alpha value is -0.590. The van der Waals surface area contributed by atoms with Crippen LogP contribution < -0.4 is 5.32 Å². The zero-order valence-electron chi connectivity index (χ0n) is 13.2. The summed E-state index contributed by atoms with van der Waals surface area (Å²) in [6.07, 6.45) is 10.4. The molecule has 3 nitrogen and oxygen atoms in total. The predicted octanol–water partition coefficient (Wildman–Crippen LogP) is 3.79. The van der Waals surface area contributed by atoms with Crippen LogP contribution in [0.25, 0.3) is 0 Å². The summed E-state index contributed by atoms with van der Waals surface area (Å²) in [5.74, 6) is 0. The van der Waals surface area contributed by atoms with Crippen LogP contribution in [-0.2, 0) is 4.74 Å². The number of rotatable bonds is 7. The topological polar surface area (TPSA) is 45.0 Å². The number of ether oxygens (including phenoxy) is 1. The molecule has 1 saturated carbocycles. The number of nitriles is 1. The van der Waals surface area contributed by atoms with E-state index >= 15 is 0 Å². The van der Waals surface area contributed by atoms with Gasteiger partial charge in [-0.2, -0.15) is 5.26 Å². The molecular formula is C17H30N2O. The maximum absolute atomic E-state index is 8.85. The summed E-state index contributed by atoms with van der Waals surface area (Å²) in [6.45, 7) is 6.42. The molecule has 3 heteroatoms. The van der Waals surface area contributed by atoms with Crippen molar-refractivity contribution in [2.24, 2.45) is 5.41 Å². The zero-order valence-corrected chi connectivity index (χ0v) is 13.2. The second kappa shape index (κ2) is 6.91. The van der Waals surface area contributed by atoms with E-state index in [0.717, 1.165) is 32.4 Å². The molecule has 0 aromatic carbocycles. The van der Waals surface area contributed by atoms with Gasteiger partial charge in [-0.25, -0.2) is 0 Å². The molecule has 1 N–H and O–H groups in total. The third kappa shape index (κ3) is 3.54. The molecule has 0 aromatic heterocycles. The van der Waals surface area contributed by atoms with Crippen molar-refractivity contribution < 1.29 is 4.74 Å². The number of nitrogens with zero attached hydrogens (tertiary/aromatic N) is 1. The summed E-state index contributed by atoms with van der Waals surface area (Å²) < 4.78 is 6.11. The zero-order chi connectivity index (χ0) is 14.5. The average Bonchev–Trinajstić information content (AvgIpc) is 3.11. The fraction of sp³-hybridized carbons (Fsp3) is 0.941. The summed E-state index contributed by atoms with van der Waals surface area (Å²) >= 11 is 0. The molecule has 2 rings (SSSR count). The molecule has 0 bridgehead atoms. The van der Waals surface area contributed by atoms with Gasteiger partial charge in [-0.05, 0) is 43.9 Å². The quantitative estimate of drug-likeness (QED) is 0.770. The molecule has 20 heavy (non-hydrogen) atoms. The van der Waals surface area contributed by atoms with Gasteiger partial charge in [-0.1, -0.05) is 26.7 Å². The minimum atomic E-state index is 0.214. The predicted molar refractivity (Wildman–Crippen MR) is 81.4 cm³/mol. The molecule has 1 spiro atoms. The van der Waals surface area contributed by atoms with Gasteiger partial charge in [0.25, 0.3) is 0 Å². The molecule has 1 aliphatic heterocycles. The molecule has 1 saturated heterocycles. The maximum Gasteiger partial charge on any atom is 0.0699 e. The van der Waals surface area contributed by atoms with Crippen molar-refractivity contribution in [2.45, 2.75) is 83.3 Å². The van der Waals surface area contributed by atoms with Crippen LogP contribution in [0, 0.1) is 16.7 Å². The van der Waals surface area contributed by atoms with Crippen LogP contribution in [0.1, 0.15) is 71.6 Å². The Morgan fingerprint density at radius 3 is 2.60 bits per heavy atom. The highest BCUT2D eigenvalue weighted by Crippen LogP contribution is 2.41. The number of hydrogen-bond donors (Lipinski definition) is 1. The van der Waals surface area contributed by atoms with E-state index in [1.54, 1.807) is 0 Å². The van der Waals surface area contributed by atoms with Gasteiger partial charge in [0.05, 0.1) is 18.3 Å². The summed E-state index contributed by atoms with van der Waals surface area (Å²) in [7, 11) is 0. The van der Waals surface area contributed by atoms with Crippen LogP contribution in [0.15, 0.2) is 0 Å². The lowest BCUT2D eigenvalue weighted by Crippen LogP contribution is -2.40. The SMILES string of the molecule is CCC(CC)(CCC#N)CNC1COC2(CCCC2)C1. The lowest BCUT2D eigenvalue weighted by atomic mass is 9.78. The Morgan fingerprint density at radius 2 is 2.00 bits per heavy atom. The van der Waals surface area contributed by atoms with E-state index in [1.807, 2.05) is 0 Å². The average molecular weight is 278 g/mol. The van der Waals surface area contributed by atoms with Crippen molar-refractivity contribution >= 4 is 0 Å². The summed E-state index contributed by atoms with van der Waals surface area (Å²) in [4.78, 5) is 0. The molecule has 1 unspecified atom stereocenters. The Labute approximate surface area is 124 Å². The van der Waals surface area contributed by atoms with Crippen molar-refractivity contribution in [3.63, 3.8) is 0 Å². The first-order valence-electron chi connectivity index (χ1n) is 8.42. The fourth-order valence-corrected chi connectivity index (χ4v) is 3.97. The molecule has 1 atom stereocenters. The minimum absolute atomic E-state index is 0.214. The van der Waals surface area contributed by atoms with Crippen molar-refractivity contribution in [1.29, 1.82) is 5.26 Å². The van der Waals surface area contributed by atoms with Crippen molar-refractivity contribution in [2.75, 3.05) is 13.2 Å². The smallest absolute Gasteiger partial charge is 0.0699 e. The summed E-state index contributed by atoms with van der Waals surface area (Å²) in [5.41, 5.74) is 0.507. The first kappa shape index (κ1) is 15.8. The van der Waals surface area contributed by atoms with E-state index in [1.165, 1.54) is 32.1 Å². The van der Waals surface area contributed by atoms with Gasteiger partial charge in [-0.15, -0.1) is 0 Å². The number of nitrogens with one attached hydrogen (secondary N) is 1. The molecule has 2 aliphatic rings. The van der Waals surface area contributed by atoms with Gasteiger partial charge in [0.2, 0.25) is 0 Å². The van der Waals surface area contributed by atoms with E-state index in [-0.39, 0.29) is 5.60 Å². The Balaban J connectivity index is 1.82. The van der Waals surface area contributed by atoms with Crippen LogP contribution in [0.4, 0.5) is 0 Å². The normalized spacial score (nSPS) is 25.1. The third-order valence-corrected chi connectivity index (χ3v) is 5.76. The third-order valence-electron chi connectivity index (χ3n) is 5.76. The molecule has 0 aromatic rings. The highest BCUT2D eigenvalue weighted by atomic mass is 16.5. The Morgan fingerprint density at radius 1 is 1.30 bits per heavy atom. The van der Waals surface area contributed by atoms with Gasteiger partial charge in [-0.3, -0.25) is 0 Å². The van der Waals surface area contributed by atoms with E-state index in [9.17, 15) is 0 Å². The van der Waals surface area contributed by atoms with Crippen LogP contribution in [0.5, 0.6) is 0 Å². The molecule has 1 aliphatic carbocycles. The molecule has 2 fully saturated rings. The highest BCUT2D eigenvalue weighted by molar-refractivity contribution is 4.96. The molecule has 1 heterocycles. The van der Waals surface area contributed by atoms with Crippen molar-refractivity contribution in [3.05, 3.63) is 0 Å². The largest absolute Gasteiger partial charge is 0.373 e. The van der Waals surface area contributed by atoms with Gasteiger partial charge in [0, 0.05) is 19.0 Å². The van der Waals surface area contributed by atoms with Gasteiger partial charge in [0.1, 0.15) is 0 Å². The van der Waals surface area contributed by atoms with E-state index in [2.05, 4.69) is 25.2 Å². The van der Waals surface area contributed by atoms with Crippen LogP contribution >= 0.6 is 0 Å². The van der Waals surface area contributed by atoms with Crippen LogP contribution in [0.2, 0.25) is 0 Å². The Kier molecular flexibility index (Phi) is 5.46. The standard InChI is InChI=1S/C17H30N2O/c1-3-16(4-2,8-7-11-18)14-19-15-12-17(20-13-15)9-5-6-10-17/h15,19H,3-10,12-14H2,1-2H3. The second-order valence-electron chi connectivity index (χ2n) is 6.85. The summed E-state index contributed by atoms with van der Waals surface area (Å²) in [6, 6.07) is 2.83. The molecule has 114 valence electrons. The van der Waals surface area contributed by atoms with Crippen LogP contribution in [-0.4, -0.2) is 24.8 Å². The maximum atomic E-state index is 8.85. The lowest BCUT2D eigenvalue weighted by molar-refractivity contribution is 0.00980. The van der Waals surface area contributed by atoms with Crippen molar-refractivity contribution in [3.8, 4) is 6.07 Å². The first-order valence-corrected chi connectivity index (χ1v) is 8.42. The molecule has 0 amide bonds. The fourth-order valence-electron chi connectivity index (χ4n) is 3.97. The summed E-state index contributed by atoms with van der Waals surface area (Å²) in [5, 5.41) is 12.6. The van der Waals surface area contributed by atoms with E-state index in [4.69, 9.17) is 10.00 Å². The Bertz CT molecular complexity index is 337. The monoisotopic (exact) mass is 278 g/mol. The lowest BCUT2D eigenvalue weighted by Gasteiger charge is -2.32. The van der Waals surface area contributed by atoms with E-state index in [0.29, 0.717) is 17.9 Å². The van der Waals surface area contributed by atoms with Gasteiger partial charge < -0.3 is 10.1 Å². The van der Waals surface area contributed by atoms with Crippen molar-refractivity contribution in [1.82, 2.24) is 5.32 Å². The molecular weight excluding hydrogens is 248 g/mol. The van der Waals surface area contributed by atoms with Crippen LogP contribution in [0.3, 0.4) is 0 Å². The van der Waals surface area contributed by atoms with E-state index < -0.39 is 0 Å². The second-order valence-corrected chi connectivity index (χ2v) is 6.85. The van der Waals surface area contributed by atoms with Gasteiger partial charge >= 0.3 is 0 Å². The van der Waals surface area contributed by atoms with Gasteiger partial charge in [0.15, 0.2) is 0 Å². The highest BCUT2D eigenvalue weighted by Gasteiger charge is 2.42. The first-order chi connectivity index (χ1) is 9.67.